The second kappa shape index (κ2) is 6.14. The first-order chi connectivity index (χ1) is 11.3. The summed E-state index contributed by atoms with van der Waals surface area (Å²) >= 11 is 0. The number of nitriles is 1. The van der Waals surface area contributed by atoms with Crippen LogP contribution >= 0.6 is 8.25 Å². The van der Waals surface area contributed by atoms with Gasteiger partial charge in [0.15, 0.2) is 6.10 Å². The van der Waals surface area contributed by atoms with Crippen LogP contribution in [0.25, 0.3) is 0 Å². The Kier molecular flexibility index (Phi) is 4.31. The highest BCUT2D eigenvalue weighted by Gasteiger charge is 2.53. The number of hydrogen-bond acceptors (Lipinski definition) is 5. The molecule has 2 heterocycles. The molecule has 0 spiro atoms. The van der Waals surface area contributed by atoms with Crippen molar-refractivity contribution in [1.82, 2.24) is 4.90 Å². The van der Waals surface area contributed by atoms with Crippen LogP contribution in [0.5, 0.6) is 5.75 Å². The van der Waals surface area contributed by atoms with E-state index in [0.29, 0.717) is 29.8 Å². The Morgan fingerprint density at radius 1 is 1.50 bits per heavy atom. The van der Waals surface area contributed by atoms with Crippen LogP contribution < -0.4 is 4.74 Å². The number of nitrogens with zero attached hydrogens (tertiary/aromatic N) is 2. The lowest BCUT2D eigenvalue weighted by Crippen LogP contribution is -2.54. The monoisotopic (exact) mass is 349 g/mol. The largest absolute Gasteiger partial charge is 0.695 e. The van der Waals surface area contributed by atoms with E-state index in [9.17, 15) is 14.3 Å². The Bertz CT molecular complexity index is 742. The Morgan fingerprint density at radius 3 is 2.83 bits per heavy atom. The highest BCUT2D eigenvalue weighted by Crippen LogP contribution is 2.47. The molecule has 2 aliphatic heterocycles. The van der Waals surface area contributed by atoms with Crippen molar-refractivity contribution in [2.75, 3.05) is 6.54 Å². The van der Waals surface area contributed by atoms with Gasteiger partial charge in [-0.2, -0.15) is 5.26 Å². The molecule has 1 fully saturated rings. The van der Waals surface area contributed by atoms with E-state index in [-0.39, 0.29) is 5.91 Å². The second-order valence-corrected chi connectivity index (χ2v) is 7.16. The molecule has 24 heavy (non-hydrogen) atoms. The Hall–Kier alpha value is -2.00. The van der Waals surface area contributed by atoms with Gasteiger partial charge in [0.2, 0.25) is 5.91 Å². The first kappa shape index (κ1) is 16.8. The van der Waals surface area contributed by atoms with E-state index in [1.165, 1.54) is 0 Å². The first-order valence-corrected chi connectivity index (χ1v) is 8.82. The zero-order valence-electron chi connectivity index (χ0n) is 13.4. The quantitative estimate of drug-likeness (QED) is 0.841. The topological polar surface area (TPSA) is 99.9 Å². The maximum atomic E-state index is 12.3. The van der Waals surface area contributed by atoms with Gasteiger partial charge in [-0.05, 0) is 38.5 Å². The average molecular weight is 349 g/mol. The van der Waals surface area contributed by atoms with Gasteiger partial charge in [0.05, 0.1) is 17.7 Å². The molecule has 2 aliphatic rings. The molecule has 1 aromatic rings. The average Bonchev–Trinajstić information content (AvgIpc) is 2.93. The second-order valence-electron chi connectivity index (χ2n) is 6.47. The van der Waals surface area contributed by atoms with Gasteiger partial charge in [0.1, 0.15) is 11.4 Å². The van der Waals surface area contributed by atoms with E-state index in [0.717, 1.165) is 6.42 Å². The number of rotatable bonds is 3. The van der Waals surface area contributed by atoms with E-state index < -0.39 is 26.0 Å². The molecule has 1 saturated heterocycles. The highest BCUT2D eigenvalue weighted by molar-refractivity contribution is 7.32. The third kappa shape index (κ3) is 2.89. The molecule has 0 bridgehead atoms. The van der Waals surface area contributed by atoms with E-state index >= 15 is 0 Å². The lowest BCUT2D eigenvalue weighted by atomic mass is 9.85. The summed E-state index contributed by atoms with van der Waals surface area (Å²) < 4.78 is 22.6. The summed E-state index contributed by atoms with van der Waals surface area (Å²) in [6.45, 7) is 4.05. The van der Waals surface area contributed by atoms with Gasteiger partial charge >= 0.3 is 8.25 Å². The molecule has 3 atom stereocenters. The standard InChI is InChI=1S/C16H17N2O5P/c1-16(2)15(23-24(20)21)14(18-7-3-4-13(18)19)11-8-10(9-17)5-6-12(11)22-16/h5-6,8,14-15H,3-4,7H2,1-2H3/p+1. The molecular weight excluding hydrogens is 331 g/mol. The van der Waals surface area contributed by atoms with Gasteiger partial charge in [0.25, 0.3) is 0 Å². The van der Waals surface area contributed by atoms with Crippen LogP contribution in [0.4, 0.5) is 0 Å². The van der Waals surface area contributed by atoms with E-state index in [2.05, 4.69) is 6.07 Å². The maximum Gasteiger partial charge on any atom is 0.695 e. The van der Waals surface area contributed by atoms with Gasteiger partial charge in [-0.3, -0.25) is 4.79 Å². The fourth-order valence-corrected chi connectivity index (χ4v) is 3.97. The molecule has 1 N–H and O–H groups in total. The van der Waals surface area contributed by atoms with Crippen molar-refractivity contribution in [2.24, 2.45) is 0 Å². The van der Waals surface area contributed by atoms with Crippen molar-refractivity contribution in [3.05, 3.63) is 29.3 Å². The number of hydrogen-bond donors (Lipinski definition) is 1. The van der Waals surface area contributed by atoms with Crippen molar-refractivity contribution < 1.29 is 23.5 Å². The van der Waals surface area contributed by atoms with E-state index in [4.69, 9.17) is 14.5 Å². The predicted octanol–water partition coefficient (Wildman–Crippen LogP) is 2.43. The van der Waals surface area contributed by atoms with Gasteiger partial charge in [0, 0.05) is 23.1 Å². The van der Waals surface area contributed by atoms with Crippen LogP contribution in [0.1, 0.15) is 43.9 Å². The maximum absolute atomic E-state index is 12.3. The molecule has 0 radical (unpaired) electrons. The molecule has 126 valence electrons. The molecule has 1 amide bonds. The molecule has 3 rings (SSSR count). The van der Waals surface area contributed by atoms with Crippen LogP contribution in [0.15, 0.2) is 18.2 Å². The van der Waals surface area contributed by atoms with Crippen LogP contribution in [0, 0.1) is 11.3 Å². The Morgan fingerprint density at radius 2 is 2.25 bits per heavy atom. The molecule has 1 aromatic carbocycles. The molecule has 0 aliphatic carbocycles. The van der Waals surface area contributed by atoms with Gasteiger partial charge in [-0.25, -0.2) is 0 Å². The summed E-state index contributed by atoms with van der Waals surface area (Å²) in [7, 11) is -2.87. The lowest BCUT2D eigenvalue weighted by molar-refractivity contribution is -0.137. The van der Waals surface area contributed by atoms with Gasteiger partial charge < -0.3 is 9.64 Å². The third-order valence-corrected chi connectivity index (χ3v) is 4.86. The summed E-state index contributed by atoms with van der Waals surface area (Å²) in [6, 6.07) is 6.49. The van der Waals surface area contributed by atoms with E-state index in [1.54, 1.807) is 36.9 Å². The van der Waals surface area contributed by atoms with Crippen molar-refractivity contribution >= 4 is 14.2 Å². The minimum Gasteiger partial charge on any atom is -0.484 e. The molecule has 7 nitrogen and oxygen atoms in total. The summed E-state index contributed by atoms with van der Waals surface area (Å²) in [5.41, 5.74) is 0.147. The number of likely N-dealkylation sites (tertiary alicyclic amines) is 1. The summed E-state index contributed by atoms with van der Waals surface area (Å²) in [6.07, 6.45) is 0.333. The van der Waals surface area contributed by atoms with E-state index in [1.807, 2.05) is 0 Å². The molecule has 3 unspecified atom stereocenters. The van der Waals surface area contributed by atoms with Gasteiger partial charge in [-0.1, -0.05) is 0 Å². The smallest absolute Gasteiger partial charge is 0.484 e. The number of benzene rings is 1. The molecule has 0 aromatic heterocycles. The predicted molar refractivity (Wildman–Crippen MR) is 84.3 cm³/mol. The van der Waals surface area contributed by atoms with Crippen LogP contribution in [-0.4, -0.2) is 34.0 Å². The summed E-state index contributed by atoms with van der Waals surface area (Å²) in [4.78, 5) is 23.3. The first-order valence-electron chi connectivity index (χ1n) is 7.69. The minimum absolute atomic E-state index is 0.0345. The Labute approximate surface area is 140 Å². The minimum atomic E-state index is -2.87. The number of amides is 1. The molecule has 8 heteroatoms. The zero-order valence-corrected chi connectivity index (χ0v) is 14.3. The van der Waals surface area contributed by atoms with Crippen LogP contribution in [-0.2, 0) is 13.9 Å². The Balaban J connectivity index is 2.15. The van der Waals surface area contributed by atoms with Crippen molar-refractivity contribution in [1.29, 1.82) is 5.26 Å². The zero-order chi connectivity index (χ0) is 17.5. The summed E-state index contributed by atoms with van der Waals surface area (Å²) in [5.74, 6) is 0.518. The molecular formula is C16H18N2O5P+. The fraction of sp³-hybridized carbons (Fsp3) is 0.500. The van der Waals surface area contributed by atoms with Crippen molar-refractivity contribution in [2.45, 2.75) is 44.4 Å². The van der Waals surface area contributed by atoms with Crippen LogP contribution in [0.2, 0.25) is 0 Å². The SMILES string of the molecule is CC1(C)Oc2ccc(C#N)cc2C(N2CCCC2=O)C1O[P+](=O)O. The fourth-order valence-electron chi connectivity index (χ4n) is 3.40. The number of carbonyl (C=O) groups excluding carboxylic acids is 1. The lowest BCUT2D eigenvalue weighted by Gasteiger charge is -2.44. The number of fused-ring (bicyclic) bond motifs is 1. The normalized spacial score (nSPS) is 25.7. The molecule has 0 saturated carbocycles. The van der Waals surface area contributed by atoms with Gasteiger partial charge in [-0.15, -0.1) is 9.42 Å². The van der Waals surface area contributed by atoms with Crippen LogP contribution in [0.3, 0.4) is 0 Å². The highest BCUT2D eigenvalue weighted by atomic mass is 31.1. The van der Waals surface area contributed by atoms with Crippen molar-refractivity contribution in [3.63, 3.8) is 0 Å². The summed E-state index contributed by atoms with van der Waals surface area (Å²) in [5, 5.41) is 9.17. The third-order valence-electron chi connectivity index (χ3n) is 4.45. The number of carbonyl (C=O) groups is 1. The number of ether oxygens (including phenoxy) is 1. The van der Waals surface area contributed by atoms with Crippen molar-refractivity contribution in [3.8, 4) is 11.8 Å².